The van der Waals surface area contributed by atoms with Crippen molar-refractivity contribution in [3.05, 3.63) is 324 Å². The van der Waals surface area contributed by atoms with Gasteiger partial charge in [0.25, 0.3) is 0 Å². The smallest absolute Gasteiger partial charge is 0.0755 e. The van der Waals surface area contributed by atoms with Crippen LogP contribution in [0.5, 0.6) is 0 Å². The molecule has 1 unspecified atom stereocenters. The van der Waals surface area contributed by atoms with Crippen molar-refractivity contribution < 1.29 is 0 Å². The Morgan fingerprint density at radius 2 is 0.769 bits per heavy atom. The van der Waals surface area contributed by atoms with Crippen molar-refractivity contribution in [3.8, 4) is 50.2 Å². The second kappa shape index (κ2) is 15.3. The van der Waals surface area contributed by atoms with Crippen molar-refractivity contribution in [2.75, 3.05) is 4.90 Å². The maximum absolute atomic E-state index is 2.62. The highest BCUT2D eigenvalue weighted by molar-refractivity contribution is 6.15. The van der Waals surface area contributed by atoms with Crippen LogP contribution in [0, 0.1) is 0 Å². The first-order valence-electron chi connectivity index (χ1n) is 27.3. The highest BCUT2D eigenvalue weighted by atomic mass is 15.1. The lowest BCUT2D eigenvalue weighted by Crippen LogP contribution is -2.33. The lowest BCUT2D eigenvalue weighted by molar-refractivity contribution is 0.748. The Labute approximate surface area is 452 Å². The predicted molar refractivity (Wildman–Crippen MR) is 323 cm³/mol. The van der Waals surface area contributed by atoms with E-state index in [1.165, 1.54) is 138 Å². The number of hydrogen-bond donors (Lipinski definition) is 0. The van der Waals surface area contributed by atoms with E-state index < -0.39 is 10.8 Å². The maximum atomic E-state index is 2.62. The average molecular weight is 987 g/mol. The first-order valence-corrected chi connectivity index (χ1v) is 27.3. The minimum absolute atomic E-state index is 0.542. The molecule has 4 aliphatic rings. The second-order valence-electron chi connectivity index (χ2n) is 21.7. The minimum atomic E-state index is -0.616. The fourth-order valence-corrected chi connectivity index (χ4v) is 15.6. The Bertz CT molecular complexity index is 4890. The summed E-state index contributed by atoms with van der Waals surface area (Å²) in [6, 6.07) is 106. The molecule has 14 aromatic rings. The Hall–Kier alpha value is -10.0. The minimum Gasteiger partial charge on any atom is -0.309 e. The zero-order valence-electron chi connectivity index (χ0n) is 42.5. The van der Waals surface area contributed by atoms with E-state index in [2.05, 4.69) is 289 Å². The average Bonchev–Trinajstić information content (AvgIpc) is 4.41. The SMILES string of the molecule is c1ccc2c(c1)-c1ccccc1C21c2ccccc2-c2c1cc(N(c1ccc(-c3cccc4ccccc34)cc1)c1cccc3c1-c1ccccc1C31c3ccccc3-n3c4ccccc4c4cccc1c43)c1ccccc21. The number of para-hydroxylation sites is 3. The molecule has 2 nitrogen and oxygen atoms in total. The molecule has 0 fully saturated rings. The van der Waals surface area contributed by atoms with Crippen LogP contribution in [-0.4, -0.2) is 4.57 Å². The quantitative estimate of drug-likeness (QED) is 0.171. The van der Waals surface area contributed by atoms with Crippen LogP contribution < -0.4 is 4.90 Å². The predicted octanol–water partition coefficient (Wildman–Crippen LogP) is 19.2. The van der Waals surface area contributed by atoms with Gasteiger partial charge in [0.1, 0.15) is 0 Å². The molecular weight excluding hydrogens is 941 g/mol. The van der Waals surface area contributed by atoms with Gasteiger partial charge in [-0.1, -0.05) is 243 Å². The van der Waals surface area contributed by atoms with Gasteiger partial charge in [-0.15, -0.1) is 0 Å². The number of nitrogens with zero attached hydrogens (tertiary/aromatic N) is 2. The number of hydrogen-bond acceptors (Lipinski definition) is 1. The first kappa shape index (κ1) is 42.2. The Morgan fingerprint density at radius 1 is 0.282 bits per heavy atom. The molecule has 2 heterocycles. The van der Waals surface area contributed by atoms with E-state index in [1.807, 2.05) is 0 Å². The van der Waals surface area contributed by atoms with Crippen molar-refractivity contribution in [2.45, 2.75) is 10.8 Å². The molecule has 78 heavy (non-hydrogen) atoms. The van der Waals surface area contributed by atoms with Gasteiger partial charge in [-0.2, -0.15) is 0 Å². The number of benzene rings is 13. The Kier molecular flexibility index (Phi) is 8.29. The highest BCUT2D eigenvalue weighted by Crippen LogP contribution is 2.67. The summed E-state index contributed by atoms with van der Waals surface area (Å²) in [6.45, 7) is 0. The largest absolute Gasteiger partial charge is 0.309 e. The topological polar surface area (TPSA) is 8.17 Å². The van der Waals surface area contributed by atoms with Gasteiger partial charge in [-0.25, -0.2) is 0 Å². The molecule has 360 valence electrons. The normalized spacial score (nSPS) is 15.3. The van der Waals surface area contributed by atoms with Gasteiger partial charge < -0.3 is 9.47 Å². The van der Waals surface area contributed by atoms with Crippen molar-refractivity contribution in [1.82, 2.24) is 4.57 Å². The monoisotopic (exact) mass is 986 g/mol. The number of aromatic nitrogens is 1. The summed E-state index contributed by atoms with van der Waals surface area (Å²) >= 11 is 0. The number of anilines is 3. The number of rotatable bonds is 4. The fraction of sp³-hybridized carbons (Fsp3) is 0.0263. The maximum Gasteiger partial charge on any atom is 0.0755 e. The van der Waals surface area contributed by atoms with Crippen molar-refractivity contribution >= 4 is 60.4 Å². The van der Waals surface area contributed by atoms with Gasteiger partial charge >= 0.3 is 0 Å². The molecular formula is C76H46N2. The molecule has 0 saturated carbocycles. The molecule has 1 aromatic heterocycles. The molecule has 0 radical (unpaired) electrons. The number of fused-ring (bicyclic) bond motifs is 25. The van der Waals surface area contributed by atoms with Crippen LogP contribution in [0.4, 0.5) is 17.1 Å². The summed E-state index contributed by atoms with van der Waals surface area (Å²) in [4.78, 5) is 2.62. The third-order valence-corrected chi connectivity index (χ3v) is 18.4. The van der Waals surface area contributed by atoms with Gasteiger partial charge in [-0.3, -0.25) is 0 Å². The molecule has 3 aliphatic carbocycles. The van der Waals surface area contributed by atoms with E-state index in [0.29, 0.717) is 0 Å². The second-order valence-corrected chi connectivity index (χ2v) is 21.7. The molecule has 2 heteroatoms. The van der Waals surface area contributed by atoms with Crippen LogP contribution in [-0.2, 0) is 10.8 Å². The summed E-state index contributed by atoms with van der Waals surface area (Å²) in [5.74, 6) is 0. The highest BCUT2D eigenvalue weighted by Gasteiger charge is 2.54. The van der Waals surface area contributed by atoms with Crippen LogP contribution in [0.1, 0.15) is 44.5 Å². The third-order valence-electron chi connectivity index (χ3n) is 18.4. The van der Waals surface area contributed by atoms with Gasteiger partial charge in [0.15, 0.2) is 0 Å². The molecule has 18 rings (SSSR count). The lowest BCUT2D eigenvalue weighted by atomic mass is 9.65. The molecule has 2 spiro atoms. The fourth-order valence-electron chi connectivity index (χ4n) is 15.6. The van der Waals surface area contributed by atoms with Crippen LogP contribution >= 0.6 is 0 Å². The molecule has 1 atom stereocenters. The molecule has 0 N–H and O–H groups in total. The molecule has 0 bridgehead atoms. The van der Waals surface area contributed by atoms with Gasteiger partial charge in [0.2, 0.25) is 0 Å². The summed E-state index contributed by atoms with van der Waals surface area (Å²) in [7, 11) is 0. The van der Waals surface area contributed by atoms with E-state index in [0.717, 1.165) is 17.1 Å². The van der Waals surface area contributed by atoms with Gasteiger partial charge in [0.05, 0.1) is 38.9 Å². The third kappa shape index (κ3) is 5.09. The summed E-state index contributed by atoms with van der Waals surface area (Å²) in [5.41, 5.74) is 26.6. The Balaban J connectivity index is 0.967. The Morgan fingerprint density at radius 3 is 1.51 bits per heavy atom. The zero-order chi connectivity index (χ0) is 50.8. The molecule has 0 amide bonds. The van der Waals surface area contributed by atoms with Crippen molar-refractivity contribution in [2.24, 2.45) is 0 Å². The first-order chi connectivity index (χ1) is 38.7. The summed E-state index contributed by atoms with van der Waals surface area (Å²) in [6.07, 6.45) is 0. The van der Waals surface area contributed by atoms with Crippen molar-refractivity contribution in [3.63, 3.8) is 0 Å². The van der Waals surface area contributed by atoms with Gasteiger partial charge in [0, 0.05) is 27.4 Å². The molecule has 0 saturated heterocycles. The van der Waals surface area contributed by atoms with E-state index >= 15 is 0 Å². The van der Waals surface area contributed by atoms with Crippen LogP contribution in [0.15, 0.2) is 279 Å². The molecule has 1 aliphatic heterocycles. The van der Waals surface area contributed by atoms with Crippen LogP contribution in [0.3, 0.4) is 0 Å². The summed E-state index contributed by atoms with van der Waals surface area (Å²) in [5, 5.41) is 7.50. The van der Waals surface area contributed by atoms with E-state index in [4.69, 9.17) is 0 Å². The standard InChI is InChI=1S/C76H46N2/c1-2-22-50-47(20-1)21-17-30-51(50)48-42-44-49(45-43-48)77(71-46-67-72(56-27-4-3-25-54(56)71)58-28-7-12-34-62(58)75(67)60-32-10-5-23-52(60)53-24-6-11-33-61(53)75)70-41-19-37-65-73(70)59-29-8-13-35-63(59)76(65)64-36-14-16-40-69(64)78-68-39-15-9-26-55(68)57-31-18-38-66(76)74(57)78/h1-46H. The van der Waals surface area contributed by atoms with E-state index in [-0.39, 0.29) is 0 Å². The van der Waals surface area contributed by atoms with Crippen LogP contribution in [0.25, 0.3) is 93.5 Å². The van der Waals surface area contributed by atoms with Crippen molar-refractivity contribution in [1.29, 1.82) is 0 Å². The van der Waals surface area contributed by atoms with Gasteiger partial charge in [-0.05, 0) is 136 Å². The molecule has 13 aromatic carbocycles. The van der Waals surface area contributed by atoms with E-state index in [9.17, 15) is 0 Å². The summed E-state index contributed by atoms with van der Waals surface area (Å²) < 4.78 is 2.54. The lowest BCUT2D eigenvalue weighted by Gasteiger charge is -2.39. The zero-order valence-corrected chi connectivity index (χ0v) is 42.5. The van der Waals surface area contributed by atoms with Crippen LogP contribution in [0.2, 0.25) is 0 Å². The van der Waals surface area contributed by atoms with E-state index in [1.54, 1.807) is 0 Å².